The molecule has 0 bridgehead atoms. The molecule has 0 aromatic carbocycles. The summed E-state index contributed by atoms with van der Waals surface area (Å²) >= 11 is 0. The first-order valence-corrected chi connectivity index (χ1v) is 5.23. The molecule has 0 saturated heterocycles. The average molecular weight is 208 g/mol. The van der Waals surface area contributed by atoms with Crippen molar-refractivity contribution in [1.29, 1.82) is 0 Å². The molecule has 1 aliphatic rings. The van der Waals surface area contributed by atoms with Gasteiger partial charge in [0.1, 0.15) is 18.0 Å². The van der Waals surface area contributed by atoms with Crippen molar-refractivity contribution in [3.8, 4) is 0 Å². The number of aromatic nitrogens is 2. The highest BCUT2D eigenvalue weighted by Gasteiger charge is 2.19. The zero-order valence-corrected chi connectivity index (χ0v) is 8.82. The highest BCUT2D eigenvalue weighted by Crippen LogP contribution is 2.26. The Morgan fingerprint density at radius 2 is 2.47 bits per heavy atom. The Morgan fingerprint density at radius 3 is 3.27 bits per heavy atom. The van der Waals surface area contributed by atoms with Gasteiger partial charge in [0.05, 0.1) is 6.61 Å². The van der Waals surface area contributed by atoms with Crippen molar-refractivity contribution in [2.24, 2.45) is 5.92 Å². The summed E-state index contributed by atoms with van der Waals surface area (Å²) in [4.78, 5) is 8.39. The third-order valence-corrected chi connectivity index (χ3v) is 2.52. The van der Waals surface area contributed by atoms with Crippen LogP contribution in [0.25, 0.3) is 0 Å². The summed E-state index contributed by atoms with van der Waals surface area (Å²) in [6.45, 7) is 3.79. The zero-order valence-electron chi connectivity index (χ0n) is 8.82. The Balaban J connectivity index is 2.23. The minimum absolute atomic E-state index is 0.113. The largest absolute Gasteiger partial charge is 0.395 e. The first-order chi connectivity index (χ1) is 7.31. The van der Waals surface area contributed by atoms with E-state index in [-0.39, 0.29) is 6.61 Å². The molecule has 1 unspecified atom stereocenters. The molecule has 2 heterocycles. The van der Waals surface area contributed by atoms with E-state index < -0.39 is 0 Å². The van der Waals surface area contributed by atoms with Crippen LogP contribution in [0, 0.1) is 5.92 Å². The highest BCUT2D eigenvalue weighted by atomic mass is 16.3. The smallest absolute Gasteiger partial charge is 0.134 e. The minimum atomic E-state index is 0.113. The van der Waals surface area contributed by atoms with Crippen LogP contribution in [0.4, 0.5) is 11.6 Å². The SMILES string of the molecule is CC1CNc2ncnc(NCCO)c2C1. The summed E-state index contributed by atoms with van der Waals surface area (Å²) < 4.78 is 0. The molecule has 1 atom stereocenters. The topological polar surface area (TPSA) is 70.1 Å². The molecular weight excluding hydrogens is 192 g/mol. The van der Waals surface area contributed by atoms with Gasteiger partial charge in [-0.05, 0) is 12.3 Å². The summed E-state index contributed by atoms with van der Waals surface area (Å²) in [5, 5.41) is 15.1. The van der Waals surface area contributed by atoms with Crippen LogP contribution in [0.1, 0.15) is 12.5 Å². The monoisotopic (exact) mass is 208 g/mol. The van der Waals surface area contributed by atoms with E-state index in [0.717, 1.165) is 30.2 Å². The van der Waals surface area contributed by atoms with Gasteiger partial charge in [-0.15, -0.1) is 0 Å². The number of aliphatic hydroxyl groups excluding tert-OH is 1. The van der Waals surface area contributed by atoms with Gasteiger partial charge < -0.3 is 15.7 Å². The molecule has 0 radical (unpaired) electrons. The Kier molecular flexibility index (Phi) is 3.01. The molecule has 1 aromatic rings. The predicted molar refractivity (Wildman–Crippen MR) is 59.0 cm³/mol. The first kappa shape index (κ1) is 10.2. The molecule has 2 rings (SSSR count). The van der Waals surface area contributed by atoms with Crippen molar-refractivity contribution in [2.75, 3.05) is 30.3 Å². The normalized spacial score (nSPS) is 19.2. The van der Waals surface area contributed by atoms with E-state index in [9.17, 15) is 0 Å². The fourth-order valence-electron chi connectivity index (χ4n) is 1.78. The average Bonchev–Trinajstić information content (AvgIpc) is 2.26. The van der Waals surface area contributed by atoms with Gasteiger partial charge in [0, 0.05) is 18.7 Å². The highest BCUT2D eigenvalue weighted by molar-refractivity contribution is 5.58. The Labute approximate surface area is 88.9 Å². The number of anilines is 2. The van der Waals surface area contributed by atoms with E-state index in [1.165, 1.54) is 0 Å². The molecule has 1 aromatic heterocycles. The van der Waals surface area contributed by atoms with Crippen LogP contribution in [0.15, 0.2) is 6.33 Å². The maximum absolute atomic E-state index is 8.76. The van der Waals surface area contributed by atoms with Gasteiger partial charge in [-0.2, -0.15) is 0 Å². The summed E-state index contributed by atoms with van der Waals surface area (Å²) in [5.74, 6) is 2.36. The summed E-state index contributed by atoms with van der Waals surface area (Å²) in [5.41, 5.74) is 1.13. The maximum atomic E-state index is 8.76. The van der Waals surface area contributed by atoms with Crippen LogP contribution < -0.4 is 10.6 Å². The van der Waals surface area contributed by atoms with Crippen LogP contribution in [0.2, 0.25) is 0 Å². The molecule has 5 nitrogen and oxygen atoms in total. The van der Waals surface area contributed by atoms with E-state index in [0.29, 0.717) is 12.5 Å². The van der Waals surface area contributed by atoms with Crippen molar-refractivity contribution >= 4 is 11.6 Å². The predicted octanol–water partition coefficient (Wildman–Crippen LogP) is 0.485. The first-order valence-electron chi connectivity index (χ1n) is 5.23. The van der Waals surface area contributed by atoms with Gasteiger partial charge >= 0.3 is 0 Å². The lowest BCUT2D eigenvalue weighted by molar-refractivity contribution is 0.311. The molecular formula is C10H16N4O. The van der Waals surface area contributed by atoms with E-state index >= 15 is 0 Å². The van der Waals surface area contributed by atoms with Gasteiger partial charge in [0.2, 0.25) is 0 Å². The molecule has 0 amide bonds. The summed E-state index contributed by atoms with van der Waals surface area (Å²) in [6, 6.07) is 0. The van der Waals surface area contributed by atoms with Gasteiger partial charge in [0.15, 0.2) is 0 Å². The Bertz CT molecular complexity index is 342. The molecule has 0 spiro atoms. The van der Waals surface area contributed by atoms with Crippen molar-refractivity contribution in [2.45, 2.75) is 13.3 Å². The summed E-state index contributed by atoms with van der Waals surface area (Å²) in [6.07, 6.45) is 2.53. The fourth-order valence-corrected chi connectivity index (χ4v) is 1.78. The fraction of sp³-hybridized carbons (Fsp3) is 0.600. The molecule has 5 heteroatoms. The standard InChI is InChI=1S/C10H16N4O/c1-7-4-8-9(11-2-3-15)13-6-14-10(8)12-5-7/h6-7,15H,2-5H2,1H3,(H2,11,12,13,14). The van der Waals surface area contributed by atoms with Crippen molar-refractivity contribution < 1.29 is 5.11 Å². The second-order valence-corrected chi connectivity index (χ2v) is 3.89. The molecule has 0 saturated carbocycles. The van der Waals surface area contributed by atoms with Gasteiger partial charge in [-0.1, -0.05) is 6.92 Å². The molecule has 82 valence electrons. The minimum Gasteiger partial charge on any atom is -0.395 e. The van der Waals surface area contributed by atoms with Crippen LogP contribution in [0.3, 0.4) is 0 Å². The lowest BCUT2D eigenvalue weighted by Gasteiger charge is -2.23. The number of fused-ring (bicyclic) bond motifs is 1. The number of hydrogen-bond donors (Lipinski definition) is 3. The number of nitrogens with one attached hydrogen (secondary N) is 2. The van der Waals surface area contributed by atoms with E-state index in [1.54, 1.807) is 6.33 Å². The maximum Gasteiger partial charge on any atom is 0.134 e. The van der Waals surface area contributed by atoms with Crippen molar-refractivity contribution in [1.82, 2.24) is 9.97 Å². The van der Waals surface area contributed by atoms with Gasteiger partial charge in [-0.25, -0.2) is 9.97 Å². The lowest BCUT2D eigenvalue weighted by atomic mass is 9.98. The van der Waals surface area contributed by atoms with Crippen LogP contribution >= 0.6 is 0 Å². The number of nitrogens with zero attached hydrogens (tertiary/aromatic N) is 2. The lowest BCUT2D eigenvalue weighted by Crippen LogP contribution is -2.23. The second kappa shape index (κ2) is 4.44. The summed E-state index contributed by atoms with van der Waals surface area (Å²) in [7, 11) is 0. The third-order valence-electron chi connectivity index (χ3n) is 2.52. The van der Waals surface area contributed by atoms with Gasteiger partial charge in [0.25, 0.3) is 0 Å². The number of rotatable bonds is 3. The van der Waals surface area contributed by atoms with Crippen LogP contribution in [-0.4, -0.2) is 34.8 Å². The molecule has 3 N–H and O–H groups in total. The third kappa shape index (κ3) is 2.18. The van der Waals surface area contributed by atoms with Crippen LogP contribution in [0.5, 0.6) is 0 Å². The van der Waals surface area contributed by atoms with E-state index in [2.05, 4.69) is 27.5 Å². The number of aliphatic hydroxyl groups is 1. The second-order valence-electron chi connectivity index (χ2n) is 3.89. The Hall–Kier alpha value is -1.36. The van der Waals surface area contributed by atoms with Crippen LogP contribution in [-0.2, 0) is 6.42 Å². The van der Waals surface area contributed by atoms with Gasteiger partial charge in [-0.3, -0.25) is 0 Å². The van der Waals surface area contributed by atoms with Crippen molar-refractivity contribution in [3.63, 3.8) is 0 Å². The van der Waals surface area contributed by atoms with Crippen molar-refractivity contribution in [3.05, 3.63) is 11.9 Å². The van der Waals surface area contributed by atoms with E-state index in [1.807, 2.05) is 0 Å². The Morgan fingerprint density at radius 1 is 1.60 bits per heavy atom. The molecule has 0 aliphatic carbocycles. The van der Waals surface area contributed by atoms with E-state index in [4.69, 9.17) is 5.11 Å². The molecule has 1 aliphatic heterocycles. The number of hydrogen-bond acceptors (Lipinski definition) is 5. The zero-order chi connectivity index (χ0) is 10.7. The molecule has 0 fully saturated rings. The quantitative estimate of drug-likeness (QED) is 0.674. The molecule has 15 heavy (non-hydrogen) atoms.